The zero-order valence-corrected chi connectivity index (χ0v) is 5.59. The third kappa shape index (κ3) is 1.22. The van der Waals surface area contributed by atoms with Crippen LogP contribution in [0.15, 0.2) is 10.7 Å². The van der Waals surface area contributed by atoms with E-state index in [-0.39, 0.29) is 0 Å². The van der Waals surface area contributed by atoms with Crippen molar-refractivity contribution in [3.05, 3.63) is 12.7 Å². The summed E-state index contributed by atoms with van der Waals surface area (Å²) in [5.41, 5.74) is 0. The molecule has 0 aliphatic carbocycles. The Morgan fingerprint density at radius 2 is 2.67 bits per heavy atom. The summed E-state index contributed by atoms with van der Waals surface area (Å²) in [5.74, 6) is 0.831. The molecule has 0 saturated heterocycles. The van der Waals surface area contributed by atoms with Gasteiger partial charge in [0.25, 0.3) is 6.39 Å². The normalized spacial score (nSPS) is 9.56. The van der Waals surface area contributed by atoms with Gasteiger partial charge in [-0.15, -0.1) is 0 Å². The Bertz CT molecular complexity index is 160. The molecule has 3 heteroatoms. The first kappa shape index (κ1) is 6.13. The van der Waals surface area contributed by atoms with Gasteiger partial charge in [-0.25, -0.2) is 0 Å². The van der Waals surface area contributed by atoms with Gasteiger partial charge in [0.05, 0.1) is 0 Å². The molecule has 0 atom stereocenters. The Kier molecular flexibility index (Phi) is 1.72. The third-order valence-corrected chi connectivity index (χ3v) is 1.24. The molecule has 9 heavy (non-hydrogen) atoms. The minimum atomic E-state index is 0.831. The molecule has 0 amide bonds. The van der Waals surface area contributed by atoms with E-state index in [1.165, 1.54) is 0 Å². The Labute approximate surface area is 54.3 Å². The van der Waals surface area contributed by atoms with Gasteiger partial charge >= 0.3 is 0 Å². The molecule has 0 aliphatic heterocycles. The Hall–Kier alpha value is -0.990. The summed E-state index contributed by atoms with van der Waals surface area (Å²) >= 11 is 0. The second-order valence-electron chi connectivity index (χ2n) is 1.81. The lowest BCUT2D eigenvalue weighted by Crippen LogP contribution is -2.15. The van der Waals surface area contributed by atoms with E-state index in [9.17, 15) is 0 Å². The zero-order valence-electron chi connectivity index (χ0n) is 5.59. The van der Waals surface area contributed by atoms with Crippen molar-refractivity contribution in [1.82, 2.24) is 4.98 Å². The molecule has 1 radical (unpaired) electrons. The Morgan fingerprint density at radius 3 is 3.11 bits per heavy atom. The molecule has 0 bridgehead atoms. The maximum atomic E-state index is 4.66. The Balaban J connectivity index is 2.65. The number of oxazole rings is 1. The molecule has 0 fully saturated rings. The lowest BCUT2D eigenvalue weighted by atomic mass is 10.6. The van der Waals surface area contributed by atoms with Gasteiger partial charge in [-0.2, -0.15) is 4.98 Å². The average molecular weight is 125 g/mol. The van der Waals surface area contributed by atoms with Gasteiger partial charge in [-0.1, -0.05) is 0 Å². The maximum Gasteiger partial charge on any atom is 0.285 e. The van der Waals surface area contributed by atoms with Crippen LogP contribution in [0, 0.1) is 6.39 Å². The van der Waals surface area contributed by atoms with Crippen LogP contribution in [0.3, 0.4) is 0 Å². The van der Waals surface area contributed by atoms with E-state index in [1.807, 2.05) is 11.9 Å². The highest BCUT2D eigenvalue weighted by Gasteiger charge is 1.98. The van der Waals surface area contributed by atoms with Gasteiger partial charge in [0.15, 0.2) is 5.82 Å². The van der Waals surface area contributed by atoms with Crippen molar-refractivity contribution < 1.29 is 4.42 Å². The van der Waals surface area contributed by atoms with Gasteiger partial charge in [0.1, 0.15) is 6.26 Å². The van der Waals surface area contributed by atoms with Gasteiger partial charge in [0, 0.05) is 13.6 Å². The summed E-state index contributed by atoms with van der Waals surface area (Å²) in [5, 5.41) is 0. The van der Waals surface area contributed by atoms with Crippen molar-refractivity contribution in [2.75, 3.05) is 18.5 Å². The van der Waals surface area contributed by atoms with Crippen molar-refractivity contribution >= 4 is 5.82 Å². The number of anilines is 1. The lowest BCUT2D eigenvalue weighted by Gasteiger charge is -2.10. The summed E-state index contributed by atoms with van der Waals surface area (Å²) in [6.07, 6.45) is 3.95. The molecule has 1 aromatic heterocycles. The predicted molar refractivity (Wildman–Crippen MR) is 34.3 cm³/mol. The molecule has 0 spiro atoms. The first-order chi connectivity index (χ1) is 4.34. The third-order valence-electron chi connectivity index (χ3n) is 1.24. The predicted octanol–water partition coefficient (Wildman–Crippen LogP) is 0.931. The molecule has 0 unspecified atom stereocenters. The van der Waals surface area contributed by atoms with Crippen LogP contribution in [0.1, 0.15) is 6.92 Å². The highest BCUT2D eigenvalue weighted by molar-refractivity contribution is 5.31. The van der Waals surface area contributed by atoms with Crippen LogP contribution in [-0.2, 0) is 0 Å². The van der Waals surface area contributed by atoms with E-state index >= 15 is 0 Å². The van der Waals surface area contributed by atoms with Crippen molar-refractivity contribution in [3.63, 3.8) is 0 Å². The van der Waals surface area contributed by atoms with E-state index in [2.05, 4.69) is 22.7 Å². The van der Waals surface area contributed by atoms with Crippen LogP contribution >= 0.6 is 0 Å². The van der Waals surface area contributed by atoms with E-state index in [0.717, 1.165) is 12.4 Å². The SMILES string of the molecule is CCN(C)c1co[c]n1. The molecule has 1 heterocycles. The second kappa shape index (κ2) is 2.53. The fraction of sp³-hybridized carbons (Fsp3) is 0.500. The van der Waals surface area contributed by atoms with Crippen LogP contribution in [-0.4, -0.2) is 18.6 Å². The molecule has 1 rings (SSSR count). The monoisotopic (exact) mass is 125 g/mol. The summed E-state index contributed by atoms with van der Waals surface area (Å²) in [6, 6.07) is 0. The first-order valence-electron chi connectivity index (χ1n) is 2.87. The fourth-order valence-corrected chi connectivity index (χ4v) is 0.516. The lowest BCUT2D eigenvalue weighted by molar-refractivity contribution is 0.547. The molecule has 1 aromatic rings. The minimum absolute atomic E-state index is 0.831. The largest absolute Gasteiger partial charge is 0.439 e. The second-order valence-corrected chi connectivity index (χ2v) is 1.81. The topological polar surface area (TPSA) is 29.3 Å². The quantitative estimate of drug-likeness (QED) is 0.588. The number of aromatic nitrogens is 1. The summed E-state index contributed by atoms with van der Waals surface area (Å²) < 4.78 is 4.66. The van der Waals surface area contributed by atoms with E-state index in [1.54, 1.807) is 6.26 Å². The van der Waals surface area contributed by atoms with Crippen LogP contribution in [0.25, 0.3) is 0 Å². The number of hydrogen-bond acceptors (Lipinski definition) is 3. The molecular formula is C6H9N2O. The van der Waals surface area contributed by atoms with Crippen molar-refractivity contribution in [1.29, 1.82) is 0 Å². The van der Waals surface area contributed by atoms with Crippen LogP contribution in [0.4, 0.5) is 5.82 Å². The zero-order chi connectivity index (χ0) is 6.69. The summed E-state index contributed by atoms with van der Waals surface area (Å²) in [4.78, 5) is 5.79. The highest BCUT2D eigenvalue weighted by atomic mass is 16.3. The van der Waals surface area contributed by atoms with Gasteiger partial charge in [0.2, 0.25) is 0 Å². The smallest absolute Gasteiger partial charge is 0.285 e. The molecule has 0 N–H and O–H groups in total. The molecular weight excluding hydrogens is 116 g/mol. The van der Waals surface area contributed by atoms with E-state index in [4.69, 9.17) is 0 Å². The van der Waals surface area contributed by atoms with Gasteiger partial charge < -0.3 is 9.32 Å². The van der Waals surface area contributed by atoms with Crippen LogP contribution in [0.5, 0.6) is 0 Å². The van der Waals surface area contributed by atoms with Crippen molar-refractivity contribution in [3.8, 4) is 0 Å². The van der Waals surface area contributed by atoms with Gasteiger partial charge in [-0.05, 0) is 6.92 Å². The van der Waals surface area contributed by atoms with E-state index < -0.39 is 0 Å². The average Bonchev–Trinajstić information content (AvgIpc) is 2.37. The number of hydrogen-bond donors (Lipinski definition) is 0. The minimum Gasteiger partial charge on any atom is -0.439 e. The molecule has 49 valence electrons. The molecule has 0 aliphatic rings. The molecule has 3 nitrogen and oxygen atoms in total. The standard InChI is InChI=1S/C6H9N2O/c1-3-8(2)6-4-9-5-7-6/h4H,3H2,1-2H3. The van der Waals surface area contributed by atoms with Gasteiger partial charge in [-0.3, -0.25) is 0 Å². The fourth-order valence-electron chi connectivity index (χ4n) is 0.516. The van der Waals surface area contributed by atoms with Crippen molar-refractivity contribution in [2.45, 2.75) is 6.92 Å². The number of rotatable bonds is 2. The van der Waals surface area contributed by atoms with Crippen molar-refractivity contribution in [2.24, 2.45) is 0 Å². The highest BCUT2D eigenvalue weighted by Crippen LogP contribution is 2.05. The van der Waals surface area contributed by atoms with E-state index in [0.29, 0.717) is 0 Å². The first-order valence-corrected chi connectivity index (χ1v) is 2.87. The molecule has 0 aromatic carbocycles. The summed E-state index contributed by atoms with van der Waals surface area (Å²) in [7, 11) is 1.95. The van der Waals surface area contributed by atoms with Crippen LogP contribution in [0.2, 0.25) is 0 Å². The molecule has 0 saturated carbocycles. The Morgan fingerprint density at radius 1 is 1.89 bits per heavy atom. The number of nitrogens with zero attached hydrogens (tertiary/aromatic N) is 2. The summed E-state index contributed by atoms with van der Waals surface area (Å²) in [6.45, 7) is 2.98. The maximum absolute atomic E-state index is 4.66. The van der Waals surface area contributed by atoms with Crippen LogP contribution < -0.4 is 4.90 Å².